The lowest BCUT2D eigenvalue weighted by Gasteiger charge is -2.20. The van der Waals surface area contributed by atoms with Gasteiger partial charge in [-0.2, -0.15) is 0 Å². The summed E-state index contributed by atoms with van der Waals surface area (Å²) in [5, 5.41) is 2.51. The van der Waals surface area contributed by atoms with Crippen molar-refractivity contribution in [3.8, 4) is 84.1 Å². The van der Waals surface area contributed by atoms with Crippen LogP contribution in [0.1, 0.15) is 25.0 Å². The van der Waals surface area contributed by atoms with E-state index in [-0.39, 0.29) is 0 Å². The van der Waals surface area contributed by atoms with Gasteiger partial charge >= 0.3 is 0 Å². The molecule has 0 spiro atoms. The van der Waals surface area contributed by atoms with Gasteiger partial charge in [0.05, 0.1) is 33.8 Å². The summed E-state index contributed by atoms with van der Waals surface area (Å²) in [5.74, 6) is 0. The van der Waals surface area contributed by atoms with E-state index in [1.54, 1.807) is 0 Å². The van der Waals surface area contributed by atoms with Gasteiger partial charge < -0.3 is 4.57 Å². The molecule has 0 saturated heterocycles. The minimum atomic E-state index is 0.814. The Morgan fingerprint density at radius 1 is 0.323 bits per heavy atom. The molecular weight excluding hydrogens is 787 g/mol. The van der Waals surface area contributed by atoms with Gasteiger partial charge in [0.1, 0.15) is 0 Å². The maximum Gasteiger partial charge on any atom is 0.0747 e. The molecule has 3 nitrogen and oxygen atoms in total. The molecule has 0 atom stereocenters. The summed E-state index contributed by atoms with van der Waals surface area (Å²) in [4.78, 5) is 11.0. The lowest BCUT2D eigenvalue weighted by molar-refractivity contribution is 1.11. The average molecular weight is 834 g/mol. The zero-order valence-corrected chi connectivity index (χ0v) is 36.6. The van der Waals surface area contributed by atoms with Crippen molar-refractivity contribution < 1.29 is 0 Å². The number of rotatable bonds is 10. The van der Waals surface area contributed by atoms with Crippen LogP contribution in [0.2, 0.25) is 0 Å². The minimum absolute atomic E-state index is 0.814. The molecule has 0 bridgehead atoms. The van der Waals surface area contributed by atoms with Crippen molar-refractivity contribution in [3.05, 3.63) is 236 Å². The fourth-order valence-electron chi connectivity index (χ4n) is 9.67. The lowest BCUT2D eigenvalue weighted by atomic mass is 9.88. The van der Waals surface area contributed by atoms with E-state index in [1.807, 2.05) is 0 Å². The zero-order chi connectivity index (χ0) is 43.7. The lowest BCUT2D eigenvalue weighted by Crippen LogP contribution is -2.01. The van der Waals surface area contributed by atoms with Crippen LogP contribution in [0, 0.1) is 0 Å². The highest BCUT2D eigenvalue weighted by Gasteiger charge is 2.21. The van der Waals surface area contributed by atoms with Crippen molar-refractivity contribution in [2.75, 3.05) is 0 Å². The van der Waals surface area contributed by atoms with E-state index in [0.29, 0.717) is 0 Å². The summed E-state index contributed by atoms with van der Waals surface area (Å²) in [5.41, 5.74) is 21.2. The van der Waals surface area contributed by atoms with Crippen LogP contribution >= 0.6 is 0 Å². The molecule has 0 saturated carbocycles. The van der Waals surface area contributed by atoms with Crippen LogP contribution in [-0.2, 0) is 12.8 Å². The topological polar surface area (TPSA) is 30.7 Å². The van der Waals surface area contributed by atoms with Crippen molar-refractivity contribution in [2.45, 2.75) is 26.7 Å². The summed E-state index contributed by atoms with van der Waals surface area (Å²) in [6.45, 7) is 4.48. The second kappa shape index (κ2) is 17.2. The SMILES string of the molecule is CCc1c(-c2ccccc2)cc(-c2cc(-c3ccc(-n4c5ccccc5c5ccccc54)cc3)cc(-c3cc(-c4ccccc4)nc(-c4ccccc4)c3CC)c2)nc1-c1ccccc1. The number of aromatic nitrogens is 3. The third-order valence-electron chi connectivity index (χ3n) is 12.8. The van der Waals surface area contributed by atoms with Crippen LogP contribution in [0.4, 0.5) is 0 Å². The number of para-hydroxylation sites is 2. The zero-order valence-electron chi connectivity index (χ0n) is 36.6. The number of hydrogen-bond acceptors (Lipinski definition) is 2. The molecule has 11 aromatic rings. The van der Waals surface area contributed by atoms with Gasteiger partial charge in [-0.1, -0.05) is 184 Å². The molecule has 8 aromatic carbocycles. The van der Waals surface area contributed by atoms with Crippen LogP contribution in [0.25, 0.3) is 106 Å². The highest BCUT2D eigenvalue weighted by molar-refractivity contribution is 6.09. The maximum absolute atomic E-state index is 5.60. The molecule has 0 N–H and O–H groups in total. The standard InChI is InChI=1S/C62H47N3/c1-3-51-55(43-21-9-5-10-22-43)40-58(64-61(51)45-25-13-7-14-26-45)49-38-47(42-33-35-50(36-34-42)65-59-31-19-17-29-53(59)54-30-18-20-32-60(54)65)37-48(39-49)56-41-57(44-23-11-6-12-24-44)63-62(52(56)4-2)46-27-15-8-16-28-46/h5-41H,3-4H2,1-2H3. The molecule has 3 heterocycles. The van der Waals surface area contributed by atoms with E-state index in [1.165, 1.54) is 49.6 Å². The van der Waals surface area contributed by atoms with E-state index >= 15 is 0 Å². The molecule has 0 radical (unpaired) electrons. The van der Waals surface area contributed by atoms with Crippen molar-refractivity contribution in [1.29, 1.82) is 0 Å². The Kier molecular flexibility index (Phi) is 10.5. The Balaban J connectivity index is 1.16. The quantitative estimate of drug-likeness (QED) is 0.137. The molecule has 310 valence electrons. The Hall–Kier alpha value is -8.14. The normalized spacial score (nSPS) is 11.4. The van der Waals surface area contributed by atoms with Gasteiger partial charge in [-0.15, -0.1) is 0 Å². The van der Waals surface area contributed by atoms with E-state index in [2.05, 4.69) is 243 Å². The summed E-state index contributed by atoms with van der Waals surface area (Å²) in [6, 6.07) is 80.8. The van der Waals surface area contributed by atoms with Crippen molar-refractivity contribution in [3.63, 3.8) is 0 Å². The van der Waals surface area contributed by atoms with Crippen molar-refractivity contribution in [1.82, 2.24) is 14.5 Å². The van der Waals surface area contributed by atoms with Gasteiger partial charge in [0.2, 0.25) is 0 Å². The molecule has 0 fully saturated rings. The number of hydrogen-bond donors (Lipinski definition) is 0. The number of fused-ring (bicyclic) bond motifs is 3. The van der Waals surface area contributed by atoms with Crippen molar-refractivity contribution in [2.24, 2.45) is 0 Å². The molecule has 3 aromatic heterocycles. The summed E-state index contributed by atoms with van der Waals surface area (Å²) < 4.78 is 2.38. The van der Waals surface area contributed by atoms with Gasteiger partial charge in [-0.3, -0.25) is 0 Å². The predicted molar refractivity (Wildman–Crippen MR) is 273 cm³/mol. The minimum Gasteiger partial charge on any atom is -0.309 e. The molecule has 11 rings (SSSR count). The molecular formula is C62H47N3. The van der Waals surface area contributed by atoms with Crippen LogP contribution in [0.3, 0.4) is 0 Å². The summed E-state index contributed by atoms with van der Waals surface area (Å²) in [7, 11) is 0. The molecule has 3 heteroatoms. The monoisotopic (exact) mass is 833 g/mol. The molecule has 0 aliphatic heterocycles. The molecule has 0 unspecified atom stereocenters. The van der Waals surface area contributed by atoms with E-state index < -0.39 is 0 Å². The fourth-order valence-corrected chi connectivity index (χ4v) is 9.67. The highest BCUT2D eigenvalue weighted by Crippen LogP contribution is 2.42. The van der Waals surface area contributed by atoms with Gasteiger partial charge in [-0.25, -0.2) is 9.97 Å². The van der Waals surface area contributed by atoms with Gasteiger partial charge in [0, 0.05) is 38.7 Å². The van der Waals surface area contributed by atoms with Gasteiger partial charge in [0.25, 0.3) is 0 Å². The second-order valence-electron chi connectivity index (χ2n) is 16.7. The van der Waals surface area contributed by atoms with E-state index in [9.17, 15) is 0 Å². The second-order valence-corrected chi connectivity index (χ2v) is 16.7. The number of nitrogens with zero attached hydrogens (tertiary/aromatic N) is 3. The number of benzene rings is 8. The van der Waals surface area contributed by atoms with Crippen LogP contribution in [0.5, 0.6) is 0 Å². The Morgan fingerprint density at radius 2 is 0.723 bits per heavy atom. The first-order valence-corrected chi connectivity index (χ1v) is 22.7. The van der Waals surface area contributed by atoms with Crippen LogP contribution in [-0.4, -0.2) is 14.5 Å². The fraction of sp³-hybridized carbons (Fsp3) is 0.0645. The average Bonchev–Trinajstić information content (AvgIpc) is 3.73. The van der Waals surface area contributed by atoms with Gasteiger partial charge in [0.15, 0.2) is 0 Å². The van der Waals surface area contributed by atoms with E-state index in [0.717, 1.165) is 80.2 Å². The van der Waals surface area contributed by atoms with E-state index in [4.69, 9.17) is 9.97 Å². The third kappa shape index (κ3) is 7.41. The van der Waals surface area contributed by atoms with Crippen molar-refractivity contribution >= 4 is 21.8 Å². The molecule has 65 heavy (non-hydrogen) atoms. The largest absolute Gasteiger partial charge is 0.309 e. The molecule has 0 aliphatic carbocycles. The summed E-state index contributed by atoms with van der Waals surface area (Å²) in [6.07, 6.45) is 1.67. The Morgan fingerprint density at radius 3 is 1.23 bits per heavy atom. The highest BCUT2D eigenvalue weighted by atomic mass is 15.0. The first kappa shape index (κ1) is 39.7. The van der Waals surface area contributed by atoms with Crippen LogP contribution < -0.4 is 0 Å². The van der Waals surface area contributed by atoms with Gasteiger partial charge in [-0.05, 0) is 112 Å². The molecule has 0 amide bonds. The first-order chi connectivity index (χ1) is 32.1. The third-order valence-corrected chi connectivity index (χ3v) is 12.8. The Labute approximate surface area is 381 Å². The predicted octanol–water partition coefficient (Wildman–Crippen LogP) is 16.4. The Bertz CT molecular complexity index is 3350. The molecule has 0 aliphatic rings. The van der Waals surface area contributed by atoms with Crippen LogP contribution in [0.15, 0.2) is 224 Å². The number of pyridine rings is 2. The first-order valence-electron chi connectivity index (χ1n) is 22.7. The summed E-state index contributed by atoms with van der Waals surface area (Å²) >= 11 is 0. The smallest absolute Gasteiger partial charge is 0.0747 e. The maximum atomic E-state index is 5.60.